The maximum Gasteiger partial charge on any atom is 0.416 e. The zero-order valence-corrected chi connectivity index (χ0v) is 13.2. The van der Waals surface area contributed by atoms with Crippen molar-refractivity contribution in [3.63, 3.8) is 0 Å². The monoisotopic (exact) mass is 337 g/mol. The maximum atomic E-state index is 13.1. The first-order valence-corrected chi connectivity index (χ1v) is 7.81. The fourth-order valence-corrected chi connectivity index (χ4v) is 3.12. The normalized spacial score (nSPS) is 15.9. The van der Waals surface area contributed by atoms with Gasteiger partial charge in [-0.3, -0.25) is 9.89 Å². The van der Waals surface area contributed by atoms with Crippen LogP contribution in [0.5, 0.6) is 0 Å². The Morgan fingerprint density at radius 2 is 2.12 bits per heavy atom. The zero-order valence-electron chi connectivity index (χ0n) is 13.2. The first-order valence-electron chi connectivity index (χ1n) is 7.81. The molecule has 1 aromatic heterocycles. The van der Waals surface area contributed by atoms with E-state index in [0.717, 1.165) is 17.3 Å². The first kappa shape index (κ1) is 16.5. The highest BCUT2D eigenvalue weighted by Gasteiger charge is 2.34. The summed E-state index contributed by atoms with van der Waals surface area (Å²) in [5.41, 5.74) is 1.49. The Morgan fingerprint density at radius 1 is 1.38 bits per heavy atom. The van der Waals surface area contributed by atoms with E-state index in [-0.39, 0.29) is 17.9 Å². The van der Waals surface area contributed by atoms with Gasteiger partial charge in [0.25, 0.3) is 0 Å². The third-order valence-corrected chi connectivity index (χ3v) is 4.43. The zero-order chi connectivity index (χ0) is 17.3. The quantitative estimate of drug-likeness (QED) is 0.932. The first-order chi connectivity index (χ1) is 11.4. The van der Waals surface area contributed by atoms with Gasteiger partial charge < -0.3 is 4.90 Å². The van der Waals surface area contributed by atoms with Crippen LogP contribution in [0, 0.1) is 0 Å². The van der Waals surface area contributed by atoms with Crippen LogP contribution in [0.4, 0.5) is 13.2 Å². The molecule has 1 N–H and O–H groups in total. The maximum absolute atomic E-state index is 13.1. The molecule has 0 saturated carbocycles. The highest BCUT2D eigenvalue weighted by Crippen LogP contribution is 2.36. The molecule has 2 aromatic rings. The van der Waals surface area contributed by atoms with Crippen LogP contribution in [0.15, 0.2) is 30.5 Å². The molecule has 0 aliphatic carbocycles. The molecule has 1 aliphatic heterocycles. The van der Waals surface area contributed by atoms with E-state index in [2.05, 4.69) is 10.2 Å². The van der Waals surface area contributed by atoms with Gasteiger partial charge in [-0.15, -0.1) is 0 Å². The highest BCUT2D eigenvalue weighted by atomic mass is 19.4. The number of nitrogens with one attached hydrogen (secondary N) is 1. The lowest BCUT2D eigenvalue weighted by Crippen LogP contribution is -2.36. The molecule has 1 aliphatic rings. The average Bonchev–Trinajstić information content (AvgIpc) is 3.01. The molecule has 0 saturated heterocycles. The Morgan fingerprint density at radius 3 is 2.88 bits per heavy atom. The number of H-pyrrole nitrogens is 1. The molecule has 1 atom stereocenters. The summed E-state index contributed by atoms with van der Waals surface area (Å²) >= 11 is 0. The number of benzene rings is 1. The van der Waals surface area contributed by atoms with Gasteiger partial charge in [0, 0.05) is 37.2 Å². The Labute approximate surface area is 137 Å². The van der Waals surface area contributed by atoms with Crippen molar-refractivity contribution in [3.8, 4) is 0 Å². The average molecular weight is 337 g/mol. The van der Waals surface area contributed by atoms with Gasteiger partial charge in [-0.1, -0.05) is 25.1 Å². The predicted octanol–water partition coefficient (Wildman–Crippen LogP) is 3.51. The van der Waals surface area contributed by atoms with E-state index in [1.54, 1.807) is 24.1 Å². The van der Waals surface area contributed by atoms with Gasteiger partial charge in [-0.2, -0.15) is 18.3 Å². The molecule has 0 radical (unpaired) electrons. The van der Waals surface area contributed by atoms with Gasteiger partial charge >= 0.3 is 6.18 Å². The molecule has 0 unspecified atom stereocenters. The fraction of sp³-hybridized carbons (Fsp3) is 0.412. The largest absolute Gasteiger partial charge is 0.416 e. The van der Waals surface area contributed by atoms with Crippen LogP contribution in [0.25, 0.3) is 0 Å². The van der Waals surface area contributed by atoms with Crippen LogP contribution >= 0.6 is 0 Å². The van der Waals surface area contributed by atoms with E-state index in [0.29, 0.717) is 19.5 Å². The van der Waals surface area contributed by atoms with Crippen LogP contribution in [0.2, 0.25) is 0 Å². The number of alkyl halides is 3. The SMILES string of the molecule is C[C@H](CC(=O)N1CCc2[nH]ncc2C1)c1ccccc1C(F)(F)F. The van der Waals surface area contributed by atoms with Crippen molar-refractivity contribution in [2.24, 2.45) is 0 Å². The minimum absolute atomic E-state index is 0.0558. The number of halogens is 3. The number of carbonyl (C=O) groups is 1. The summed E-state index contributed by atoms with van der Waals surface area (Å²) in [5, 5.41) is 6.85. The number of amides is 1. The Kier molecular flexibility index (Phi) is 4.34. The second-order valence-electron chi connectivity index (χ2n) is 6.13. The predicted molar refractivity (Wildman–Crippen MR) is 82.2 cm³/mol. The third-order valence-electron chi connectivity index (χ3n) is 4.43. The number of aromatic amines is 1. The van der Waals surface area contributed by atoms with Crippen molar-refractivity contribution in [3.05, 3.63) is 52.8 Å². The molecule has 0 fully saturated rings. The van der Waals surface area contributed by atoms with Crippen molar-refractivity contribution in [1.82, 2.24) is 15.1 Å². The van der Waals surface area contributed by atoms with Crippen molar-refractivity contribution >= 4 is 5.91 Å². The van der Waals surface area contributed by atoms with E-state index >= 15 is 0 Å². The summed E-state index contributed by atoms with van der Waals surface area (Å²) in [6, 6.07) is 5.45. The molecular formula is C17H18F3N3O. The van der Waals surface area contributed by atoms with Gasteiger partial charge in [0.15, 0.2) is 0 Å². The summed E-state index contributed by atoms with van der Waals surface area (Å²) < 4.78 is 39.4. The molecular weight excluding hydrogens is 319 g/mol. The Balaban J connectivity index is 1.72. The van der Waals surface area contributed by atoms with Crippen molar-refractivity contribution in [1.29, 1.82) is 0 Å². The van der Waals surface area contributed by atoms with Crippen LogP contribution in [-0.2, 0) is 23.9 Å². The summed E-state index contributed by atoms with van der Waals surface area (Å²) in [6.45, 7) is 2.68. The van der Waals surface area contributed by atoms with E-state index in [1.807, 2.05) is 0 Å². The van der Waals surface area contributed by atoms with Gasteiger partial charge in [-0.25, -0.2) is 0 Å². The van der Waals surface area contributed by atoms with E-state index in [9.17, 15) is 18.0 Å². The number of aromatic nitrogens is 2. The van der Waals surface area contributed by atoms with Gasteiger partial charge in [0.05, 0.1) is 11.8 Å². The van der Waals surface area contributed by atoms with Crippen molar-refractivity contribution in [2.75, 3.05) is 6.54 Å². The number of carbonyl (C=O) groups excluding carboxylic acids is 1. The number of hydrogen-bond acceptors (Lipinski definition) is 2. The molecule has 24 heavy (non-hydrogen) atoms. The van der Waals surface area contributed by atoms with Gasteiger partial charge in [0.1, 0.15) is 0 Å². The van der Waals surface area contributed by atoms with E-state index in [1.165, 1.54) is 12.1 Å². The molecule has 4 nitrogen and oxygen atoms in total. The molecule has 2 heterocycles. The van der Waals surface area contributed by atoms with Gasteiger partial charge in [0.2, 0.25) is 5.91 Å². The summed E-state index contributed by atoms with van der Waals surface area (Å²) in [7, 11) is 0. The number of fused-ring (bicyclic) bond motifs is 1. The van der Waals surface area contributed by atoms with Crippen LogP contribution in [0.1, 0.15) is 41.6 Å². The van der Waals surface area contributed by atoms with Crippen LogP contribution < -0.4 is 0 Å². The number of rotatable bonds is 3. The van der Waals surface area contributed by atoms with E-state index in [4.69, 9.17) is 0 Å². The fourth-order valence-electron chi connectivity index (χ4n) is 3.12. The summed E-state index contributed by atoms with van der Waals surface area (Å²) in [6.07, 6.45) is -1.98. The second kappa shape index (κ2) is 6.30. The smallest absolute Gasteiger partial charge is 0.338 e. The van der Waals surface area contributed by atoms with Crippen molar-refractivity contribution in [2.45, 2.75) is 38.4 Å². The molecule has 128 valence electrons. The summed E-state index contributed by atoms with van der Waals surface area (Å²) in [4.78, 5) is 14.2. The number of nitrogens with zero attached hydrogens (tertiary/aromatic N) is 2. The van der Waals surface area contributed by atoms with Crippen LogP contribution in [-0.4, -0.2) is 27.5 Å². The van der Waals surface area contributed by atoms with Crippen LogP contribution in [0.3, 0.4) is 0 Å². The van der Waals surface area contributed by atoms with Crippen molar-refractivity contribution < 1.29 is 18.0 Å². The molecule has 0 bridgehead atoms. The Bertz CT molecular complexity index is 739. The lowest BCUT2D eigenvalue weighted by atomic mass is 9.92. The lowest BCUT2D eigenvalue weighted by Gasteiger charge is -2.28. The lowest BCUT2D eigenvalue weighted by molar-refractivity contribution is -0.139. The minimum Gasteiger partial charge on any atom is -0.338 e. The second-order valence-corrected chi connectivity index (χ2v) is 6.13. The highest BCUT2D eigenvalue weighted by molar-refractivity contribution is 5.77. The molecule has 1 amide bonds. The standard InChI is InChI=1S/C17H18F3N3O/c1-11(13-4-2-3-5-14(13)17(18,19)20)8-16(24)23-7-6-15-12(10-23)9-21-22-15/h2-5,9,11H,6-8,10H2,1H3,(H,21,22)/t11-/m1/s1. The molecule has 7 heteroatoms. The minimum atomic E-state index is -4.41. The van der Waals surface area contributed by atoms with E-state index < -0.39 is 17.7 Å². The number of hydrogen-bond donors (Lipinski definition) is 1. The molecule has 3 rings (SSSR count). The Hall–Kier alpha value is -2.31. The molecule has 1 aromatic carbocycles. The molecule has 0 spiro atoms. The van der Waals surface area contributed by atoms with Gasteiger partial charge in [-0.05, 0) is 17.5 Å². The summed E-state index contributed by atoms with van der Waals surface area (Å²) in [5.74, 6) is -0.632. The third kappa shape index (κ3) is 3.29. The topological polar surface area (TPSA) is 49.0 Å².